The molecular weight excluding hydrogens is 601 g/mol. The third-order valence-corrected chi connectivity index (χ3v) is 12.1. The van der Waals surface area contributed by atoms with Gasteiger partial charge < -0.3 is 0 Å². The fraction of sp³-hybridized carbons (Fsp3) is 1.00. The van der Waals surface area contributed by atoms with Crippen molar-refractivity contribution in [1.82, 2.24) is 0 Å². The van der Waals surface area contributed by atoms with E-state index < -0.39 is 0 Å². The quantitative estimate of drug-likeness (QED) is 0.0554. The minimum Gasteiger partial charge on any atom is -0.0654 e. The molecule has 0 radical (unpaired) electrons. The van der Waals surface area contributed by atoms with Gasteiger partial charge in [-0.25, -0.2) is 0 Å². The van der Waals surface area contributed by atoms with E-state index in [2.05, 4.69) is 20.8 Å². The van der Waals surface area contributed by atoms with Crippen molar-refractivity contribution in [2.75, 3.05) is 0 Å². The molecule has 0 saturated carbocycles. The van der Waals surface area contributed by atoms with Gasteiger partial charge in [-0.1, -0.05) is 316 Å². The molecule has 0 aliphatic rings. The van der Waals surface area contributed by atoms with Crippen molar-refractivity contribution in [3.05, 3.63) is 0 Å². The van der Waals surface area contributed by atoms with Gasteiger partial charge in [0.25, 0.3) is 0 Å². The molecule has 0 aliphatic heterocycles. The third kappa shape index (κ3) is 44.2. The Kier molecular flexibility index (Phi) is 47.0. The highest BCUT2D eigenvalue weighted by Gasteiger charge is 2.09. The summed E-state index contributed by atoms with van der Waals surface area (Å²) in [6.45, 7) is 6.96. The Balaban J connectivity index is 3.92. The molecule has 0 rings (SSSR count). The van der Waals surface area contributed by atoms with Crippen LogP contribution in [0.5, 0.6) is 0 Å². The van der Waals surface area contributed by atoms with Crippen molar-refractivity contribution in [3.8, 4) is 0 Å². The maximum atomic E-state index is 2.32. The van der Waals surface area contributed by atoms with Crippen molar-refractivity contribution >= 4 is 0 Å². The highest BCUT2D eigenvalue weighted by molar-refractivity contribution is 4.63. The molecule has 50 heavy (non-hydrogen) atoms. The lowest BCUT2D eigenvalue weighted by Crippen LogP contribution is -2.01. The molecule has 0 aromatic carbocycles. The van der Waals surface area contributed by atoms with Gasteiger partial charge in [0.2, 0.25) is 0 Å². The largest absolute Gasteiger partial charge is 0.0654 e. The van der Waals surface area contributed by atoms with Gasteiger partial charge in [-0.3, -0.25) is 0 Å². The summed E-state index contributed by atoms with van der Waals surface area (Å²) in [4.78, 5) is 0. The summed E-state index contributed by atoms with van der Waals surface area (Å²) in [5.41, 5.74) is 0. The SMILES string of the molecule is CCCCCCCCCCCCCCCCCC(CCCCCCCCCCCCCCC)CCCCCCCCCCCCCCCCC. The maximum absolute atomic E-state index is 2.32. The lowest BCUT2D eigenvalue weighted by molar-refractivity contribution is 0.365. The minimum absolute atomic E-state index is 1.03. The van der Waals surface area contributed by atoms with E-state index in [-0.39, 0.29) is 0 Å². The topological polar surface area (TPSA) is 0 Å². The molecule has 0 aromatic heterocycles. The number of hydrogen-bond donors (Lipinski definition) is 0. The molecule has 0 fully saturated rings. The predicted octanol–water partition coefficient (Wildman–Crippen LogP) is 19.6. The van der Waals surface area contributed by atoms with Crippen LogP contribution < -0.4 is 0 Å². The molecule has 0 bridgehead atoms. The van der Waals surface area contributed by atoms with Crippen LogP contribution in [-0.2, 0) is 0 Å². The molecule has 0 saturated heterocycles. The van der Waals surface area contributed by atoms with Gasteiger partial charge >= 0.3 is 0 Å². The third-order valence-electron chi connectivity index (χ3n) is 12.1. The van der Waals surface area contributed by atoms with E-state index in [9.17, 15) is 0 Å². The van der Waals surface area contributed by atoms with E-state index in [1.165, 1.54) is 295 Å². The lowest BCUT2D eigenvalue weighted by Gasteiger charge is -2.17. The van der Waals surface area contributed by atoms with Crippen LogP contribution in [-0.4, -0.2) is 0 Å². The molecule has 0 heteroatoms. The van der Waals surface area contributed by atoms with E-state index in [1.807, 2.05) is 0 Å². The molecular formula is C50H102. The van der Waals surface area contributed by atoms with E-state index >= 15 is 0 Å². The van der Waals surface area contributed by atoms with Gasteiger partial charge in [0.1, 0.15) is 0 Å². The summed E-state index contributed by atoms with van der Waals surface area (Å²) in [6.07, 6.45) is 68.3. The summed E-state index contributed by atoms with van der Waals surface area (Å²) < 4.78 is 0. The van der Waals surface area contributed by atoms with E-state index in [0.29, 0.717) is 0 Å². The van der Waals surface area contributed by atoms with Crippen molar-refractivity contribution in [2.24, 2.45) is 5.92 Å². The average molecular weight is 703 g/mol. The predicted molar refractivity (Wildman–Crippen MR) is 233 cm³/mol. The Morgan fingerprint density at radius 1 is 0.160 bits per heavy atom. The number of hydrogen-bond acceptors (Lipinski definition) is 0. The number of rotatable bonds is 46. The van der Waals surface area contributed by atoms with Gasteiger partial charge in [0.05, 0.1) is 0 Å². The zero-order chi connectivity index (χ0) is 36.1. The van der Waals surface area contributed by atoms with Crippen LogP contribution >= 0.6 is 0 Å². The smallest absolute Gasteiger partial charge is 0.0414 e. The van der Waals surface area contributed by atoms with Gasteiger partial charge in [-0.15, -0.1) is 0 Å². The van der Waals surface area contributed by atoms with E-state index in [4.69, 9.17) is 0 Å². The van der Waals surface area contributed by atoms with Crippen LogP contribution in [0.3, 0.4) is 0 Å². The van der Waals surface area contributed by atoms with Crippen LogP contribution in [0, 0.1) is 5.92 Å². The molecule has 302 valence electrons. The average Bonchev–Trinajstić information content (AvgIpc) is 3.13. The Hall–Kier alpha value is 0. The molecule has 0 nitrogen and oxygen atoms in total. The summed E-state index contributed by atoms with van der Waals surface area (Å²) in [7, 11) is 0. The fourth-order valence-electron chi connectivity index (χ4n) is 8.49. The van der Waals surface area contributed by atoms with Crippen LogP contribution in [0.15, 0.2) is 0 Å². The standard InChI is InChI=1S/C50H102/c1-4-7-10-13-16-19-22-25-27-30-33-36-39-42-45-48-50(47-44-41-38-35-32-29-24-21-18-15-12-9-6-3)49-46-43-40-37-34-31-28-26-23-20-17-14-11-8-5-2/h50H,4-49H2,1-3H3. The molecule has 0 aliphatic carbocycles. The van der Waals surface area contributed by atoms with Crippen molar-refractivity contribution in [1.29, 1.82) is 0 Å². The number of unbranched alkanes of at least 4 members (excludes halogenated alkanes) is 40. The molecule has 0 aromatic rings. The van der Waals surface area contributed by atoms with E-state index in [1.54, 1.807) is 0 Å². The molecule has 0 amide bonds. The van der Waals surface area contributed by atoms with Crippen LogP contribution in [0.1, 0.15) is 316 Å². The van der Waals surface area contributed by atoms with Crippen molar-refractivity contribution < 1.29 is 0 Å². The lowest BCUT2D eigenvalue weighted by atomic mass is 9.89. The first kappa shape index (κ1) is 50.0. The van der Waals surface area contributed by atoms with Crippen LogP contribution in [0.2, 0.25) is 0 Å². The molecule has 0 atom stereocenters. The molecule has 0 unspecified atom stereocenters. The van der Waals surface area contributed by atoms with Gasteiger partial charge in [0, 0.05) is 0 Å². The monoisotopic (exact) mass is 703 g/mol. The summed E-state index contributed by atoms with van der Waals surface area (Å²) >= 11 is 0. The second kappa shape index (κ2) is 47.0. The first-order valence-electron chi connectivity index (χ1n) is 24.8. The summed E-state index contributed by atoms with van der Waals surface area (Å²) in [5.74, 6) is 1.03. The van der Waals surface area contributed by atoms with E-state index in [0.717, 1.165) is 5.92 Å². The normalized spacial score (nSPS) is 11.8. The Morgan fingerprint density at radius 2 is 0.280 bits per heavy atom. The Bertz CT molecular complexity index is 516. The van der Waals surface area contributed by atoms with Gasteiger partial charge in [0.15, 0.2) is 0 Å². The molecule has 0 N–H and O–H groups in total. The minimum atomic E-state index is 1.03. The zero-order valence-electron chi connectivity index (χ0n) is 36.1. The second-order valence-corrected chi connectivity index (χ2v) is 17.4. The second-order valence-electron chi connectivity index (χ2n) is 17.4. The van der Waals surface area contributed by atoms with Gasteiger partial charge in [-0.2, -0.15) is 0 Å². The highest BCUT2D eigenvalue weighted by atomic mass is 14.1. The molecule has 0 spiro atoms. The maximum Gasteiger partial charge on any atom is -0.0414 e. The van der Waals surface area contributed by atoms with Crippen LogP contribution in [0.4, 0.5) is 0 Å². The van der Waals surface area contributed by atoms with Crippen molar-refractivity contribution in [2.45, 2.75) is 316 Å². The molecule has 0 heterocycles. The zero-order valence-corrected chi connectivity index (χ0v) is 36.1. The fourth-order valence-corrected chi connectivity index (χ4v) is 8.49. The Morgan fingerprint density at radius 3 is 0.420 bits per heavy atom. The Labute approximate surface area is 321 Å². The van der Waals surface area contributed by atoms with Gasteiger partial charge in [-0.05, 0) is 5.92 Å². The van der Waals surface area contributed by atoms with Crippen LogP contribution in [0.25, 0.3) is 0 Å². The first-order chi connectivity index (χ1) is 24.8. The van der Waals surface area contributed by atoms with Crippen molar-refractivity contribution in [3.63, 3.8) is 0 Å². The summed E-state index contributed by atoms with van der Waals surface area (Å²) in [5, 5.41) is 0. The highest BCUT2D eigenvalue weighted by Crippen LogP contribution is 2.25. The first-order valence-corrected chi connectivity index (χ1v) is 24.8. The summed E-state index contributed by atoms with van der Waals surface area (Å²) in [6, 6.07) is 0.